The maximum Gasteiger partial charge on any atom is 0.233 e. The van der Waals surface area contributed by atoms with E-state index in [-0.39, 0.29) is 17.2 Å². The molecule has 0 saturated carbocycles. The number of rotatable bonds is 5. The molecule has 6 heteroatoms. The molecular formula is C12H20N4OS. The summed E-state index contributed by atoms with van der Waals surface area (Å²) >= 11 is 1.32. The van der Waals surface area contributed by atoms with Gasteiger partial charge in [0, 0.05) is 17.8 Å². The van der Waals surface area contributed by atoms with Gasteiger partial charge in [0.1, 0.15) is 5.82 Å². The van der Waals surface area contributed by atoms with E-state index in [1.165, 1.54) is 11.8 Å². The third-order valence-electron chi connectivity index (χ3n) is 2.51. The lowest BCUT2D eigenvalue weighted by atomic mass is 10.2. The Balaban J connectivity index is 2.63. The second-order valence-corrected chi connectivity index (χ2v) is 5.60. The summed E-state index contributed by atoms with van der Waals surface area (Å²) in [6, 6.07) is 1.89. The minimum atomic E-state index is -0.236. The smallest absolute Gasteiger partial charge is 0.233 e. The van der Waals surface area contributed by atoms with Gasteiger partial charge in [-0.2, -0.15) is 0 Å². The van der Waals surface area contributed by atoms with E-state index in [0.29, 0.717) is 11.0 Å². The van der Waals surface area contributed by atoms with Crippen LogP contribution in [0.2, 0.25) is 0 Å². The normalized spacial score (nSPS) is 14.0. The van der Waals surface area contributed by atoms with Crippen LogP contribution in [0.25, 0.3) is 0 Å². The fraction of sp³-hybridized carbons (Fsp3) is 0.583. The Hall–Kier alpha value is -1.30. The molecule has 1 aromatic heterocycles. The molecule has 0 saturated heterocycles. The van der Waals surface area contributed by atoms with Crippen molar-refractivity contribution in [2.75, 3.05) is 5.73 Å². The molecule has 2 atom stereocenters. The van der Waals surface area contributed by atoms with Gasteiger partial charge in [0.25, 0.3) is 0 Å². The molecule has 1 rings (SSSR count). The first-order valence-corrected chi connectivity index (χ1v) is 6.88. The van der Waals surface area contributed by atoms with Gasteiger partial charge in [0.05, 0.1) is 5.25 Å². The van der Waals surface area contributed by atoms with Crippen LogP contribution in [0.4, 0.5) is 5.82 Å². The quantitative estimate of drug-likeness (QED) is 0.628. The number of nitrogens with one attached hydrogen (secondary N) is 1. The molecule has 0 aromatic carbocycles. The number of nitrogen functional groups attached to an aromatic ring is 1. The third kappa shape index (κ3) is 4.52. The number of nitrogens with zero attached hydrogens (tertiary/aromatic N) is 2. The van der Waals surface area contributed by atoms with Crippen molar-refractivity contribution in [3.63, 3.8) is 0 Å². The maximum atomic E-state index is 11.9. The summed E-state index contributed by atoms with van der Waals surface area (Å²) in [7, 11) is 0. The van der Waals surface area contributed by atoms with Crippen LogP contribution in [-0.2, 0) is 4.79 Å². The highest BCUT2D eigenvalue weighted by Gasteiger charge is 2.17. The molecule has 3 N–H and O–H groups in total. The van der Waals surface area contributed by atoms with E-state index in [0.717, 1.165) is 12.1 Å². The maximum absolute atomic E-state index is 11.9. The van der Waals surface area contributed by atoms with E-state index in [2.05, 4.69) is 15.3 Å². The van der Waals surface area contributed by atoms with E-state index >= 15 is 0 Å². The number of carbonyl (C=O) groups is 1. The van der Waals surface area contributed by atoms with Gasteiger partial charge < -0.3 is 11.1 Å². The first-order chi connectivity index (χ1) is 8.42. The first kappa shape index (κ1) is 14.8. The number of hydrogen-bond acceptors (Lipinski definition) is 5. The molecule has 1 heterocycles. The van der Waals surface area contributed by atoms with Crippen molar-refractivity contribution in [3.8, 4) is 0 Å². The van der Waals surface area contributed by atoms with Crippen LogP contribution in [0.3, 0.4) is 0 Å². The number of carbonyl (C=O) groups excluding carboxylic acids is 1. The zero-order valence-electron chi connectivity index (χ0n) is 11.2. The second kappa shape index (κ2) is 6.58. The second-order valence-electron chi connectivity index (χ2n) is 4.29. The van der Waals surface area contributed by atoms with Gasteiger partial charge in [-0.3, -0.25) is 4.79 Å². The summed E-state index contributed by atoms with van der Waals surface area (Å²) in [4.78, 5) is 20.2. The highest BCUT2D eigenvalue weighted by molar-refractivity contribution is 8.00. The summed E-state index contributed by atoms with van der Waals surface area (Å²) in [5, 5.41) is 3.24. The molecule has 0 unspecified atom stereocenters. The lowest BCUT2D eigenvalue weighted by Crippen LogP contribution is -2.37. The fourth-order valence-electron chi connectivity index (χ4n) is 1.29. The van der Waals surface area contributed by atoms with Crippen molar-refractivity contribution >= 4 is 23.5 Å². The van der Waals surface area contributed by atoms with E-state index in [1.54, 1.807) is 6.07 Å². The third-order valence-corrected chi connectivity index (χ3v) is 3.47. The average molecular weight is 268 g/mol. The Kier molecular flexibility index (Phi) is 5.40. The van der Waals surface area contributed by atoms with Crippen LogP contribution in [0, 0.1) is 6.92 Å². The van der Waals surface area contributed by atoms with Gasteiger partial charge in [-0.25, -0.2) is 9.97 Å². The Labute approximate surface area is 112 Å². The van der Waals surface area contributed by atoms with Crippen molar-refractivity contribution in [2.24, 2.45) is 0 Å². The fourth-order valence-corrected chi connectivity index (χ4v) is 2.14. The topological polar surface area (TPSA) is 80.9 Å². The molecule has 0 spiro atoms. The van der Waals surface area contributed by atoms with Gasteiger partial charge in [-0.1, -0.05) is 18.7 Å². The van der Waals surface area contributed by atoms with Crippen LogP contribution >= 0.6 is 11.8 Å². The highest BCUT2D eigenvalue weighted by atomic mass is 32.2. The zero-order chi connectivity index (χ0) is 13.7. The van der Waals surface area contributed by atoms with Crippen molar-refractivity contribution in [1.29, 1.82) is 0 Å². The standard InChI is InChI=1S/C12H20N4OS/c1-5-7(2)14-11(17)9(4)18-12-15-8(3)6-10(13)16-12/h6-7,9H,5H2,1-4H3,(H,14,17)(H2,13,15,16)/t7-,9+/m1/s1. The van der Waals surface area contributed by atoms with E-state index in [4.69, 9.17) is 5.73 Å². The van der Waals surface area contributed by atoms with Crippen LogP contribution in [0.15, 0.2) is 11.2 Å². The molecule has 100 valence electrons. The number of anilines is 1. The predicted octanol–water partition coefficient (Wildman–Crippen LogP) is 1.76. The van der Waals surface area contributed by atoms with Crippen molar-refractivity contribution in [1.82, 2.24) is 15.3 Å². The lowest BCUT2D eigenvalue weighted by Gasteiger charge is -2.15. The number of aromatic nitrogens is 2. The van der Waals surface area contributed by atoms with Gasteiger partial charge in [0.15, 0.2) is 5.16 Å². The number of thioether (sulfide) groups is 1. The molecule has 0 aliphatic carbocycles. The number of nitrogens with two attached hydrogens (primary N) is 1. The van der Waals surface area contributed by atoms with Crippen LogP contribution in [0.5, 0.6) is 0 Å². The molecule has 0 aliphatic rings. The minimum absolute atomic E-state index is 0.00183. The predicted molar refractivity (Wildman–Crippen MR) is 74.4 cm³/mol. The SMILES string of the molecule is CC[C@@H](C)NC(=O)[C@H](C)Sc1nc(C)cc(N)n1. The lowest BCUT2D eigenvalue weighted by molar-refractivity contribution is -0.120. The molecule has 0 radical (unpaired) electrons. The summed E-state index contributed by atoms with van der Waals surface area (Å²) < 4.78 is 0. The Morgan fingerprint density at radius 3 is 2.72 bits per heavy atom. The molecule has 18 heavy (non-hydrogen) atoms. The molecule has 0 bridgehead atoms. The minimum Gasteiger partial charge on any atom is -0.384 e. The Morgan fingerprint density at radius 1 is 1.50 bits per heavy atom. The highest BCUT2D eigenvalue weighted by Crippen LogP contribution is 2.20. The van der Waals surface area contributed by atoms with Crippen LogP contribution < -0.4 is 11.1 Å². The number of hydrogen-bond donors (Lipinski definition) is 2. The van der Waals surface area contributed by atoms with Gasteiger partial charge in [-0.15, -0.1) is 0 Å². The molecule has 1 amide bonds. The summed E-state index contributed by atoms with van der Waals surface area (Å²) in [5.74, 6) is 0.428. The van der Waals surface area contributed by atoms with Gasteiger partial charge >= 0.3 is 0 Å². The molecule has 0 fully saturated rings. The largest absolute Gasteiger partial charge is 0.384 e. The van der Waals surface area contributed by atoms with Crippen LogP contribution in [0.1, 0.15) is 32.9 Å². The van der Waals surface area contributed by atoms with E-state index in [9.17, 15) is 4.79 Å². The van der Waals surface area contributed by atoms with Gasteiger partial charge in [-0.05, 0) is 27.2 Å². The first-order valence-electron chi connectivity index (χ1n) is 6.00. The van der Waals surface area contributed by atoms with Crippen molar-refractivity contribution in [2.45, 2.75) is 50.6 Å². The summed E-state index contributed by atoms with van der Waals surface area (Å²) in [5.41, 5.74) is 6.45. The monoisotopic (exact) mass is 268 g/mol. The van der Waals surface area contributed by atoms with Crippen molar-refractivity contribution < 1.29 is 4.79 Å². The Bertz CT molecular complexity index is 404. The molecule has 1 aromatic rings. The summed E-state index contributed by atoms with van der Waals surface area (Å²) in [6.07, 6.45) is 0.914. The number of amides is 1. The Morgan fingerprint density at radius 2 is 2.17 bits per heavy atom. The molecule has 0 aliphatic heterocycles. The van der Waals surface area contributed by atoms with Gasteiger partial charge in [0.2, 0.25) is 5.91 Å². The zero-order valence-corrected chi connectivity index (χ0v) is 12.0. The average Bonchev–Trinajstić information content (AvgIpc) is 2.27. The summed E-state index contributed by atoms with van der Waals surface area (Å²) in [6.45, 7) is 7.71. The number of aryl methyl sites for hydroxylation is 1. The molecular weight excluding hydrogens is 248 g/mol. The molecule has 5 nitrogen and oxygen atoms in total. The van der Waals surface area contributed by atoms with Crippen molar-refractivity contribution in [3.05, 3.63) is 11.8 Å². The van der Waals surface area contributed by atoms with Crippen LogP contribution in [-0.4, -0.2) is 27.2 Å². The van der Waals surface area contributed by atoms with E-state index < -0.39 is 0 Å². The van der Waals surface area contributed by atoms with E-state index in [1.807, 2.05) is 27.7 Å².